The van der Waals surface area contributed by atoms with Crippen LogP contribution in [0.2, 0.25) is 0 Å². The van der Waals surface area contributed by atoms with E-state index >= 15 is 0 Å². The smallest absolute Gasteiger partial charge is 0.330 e. The minimum Gasteiger partial charge on any atom is -0.453 e. The number of carbonyl (C=O) groups excluding carboxylic acids is 1. The third kappa shape index (κ3) is 2.58. The van der Waals surface area contributed by atoms with Crippen molar-refractivity contribution in [2.75, 3.05) is 13.7 Å². The fourth-order valence-corrected chi connectivity index (χ4v) is 1.79. The summed E-state index contributed by atoms with van der Waals surface area (Å²) in [4.78, 5) is 11.2. The number of hydrogen-bond donors (Lipinski definition) is 0. The van der Waals surface area contributed by atoms with Crippen LogP contribution in [0.4, 0.5) is 0 Å². The third-order valence-corrected chi connectivity index (χ3v) is 2.88. The number of carbonyl (C=O) groups is 1. The van der Waals surface area contributed by atoms with Crippen molar-refractivity contribution in [3.63, 3.8) is 0 Å². The lowest BCUT2D eigenvalue weighted by Gasteiger charge is -2.42. The molecule has 15 heavy (non-hydrogen) atoms. The van der Waals surface area contributed by atoms with Crippen molar-refractivity contribution in [3.05, 3.63) is 12.7 Å². The Labute approximate surface area is 90.2 Å². The zero-order valence-electron chi connectivity index (χ0n) is 9.49. The fraction of sp³-hybridized carbons (Fsp3) is 0.727. The van der Waals surface area contributed by atoms with Crippen molar-refractivity contribution in [1.29, 1.82) is 0 Å². The number of rotatable bonds is 3. The van der Waals surface area contributed by atoms with Gasteiger partial charge in [0.15, 0.2) is 6.10 Å². The first-order chi connectivity index (χ1) is 7.03. The summed E-state index contributed by atoms with van der Waals surface area (Å²) < 4.78 is 16.1. The van der Waals surface area contributed by atoms with Gasteiger partial charge in [-0.3, -0.25) is 0 Å². The van der Waals surface area contributed by atoms with Crippen LogP contribution in [0.25, 0.3) is 0 Å². The first-order valence-corrected chi connectivity index (χ1v) is 5.03. The third-order valence-electron chi connectivity index (χ3n) is 2.88. The lowest BCUT2D eigenvalue weighted by Crippen LogP contribution is -2.54. The fourth-order valence-electron chi connectivity index (χ4n) is 1.79. The van der Waals surface area contributed by atoms with Gasteiger partial charge < -0.3 is 14.2 Å². The molecule has 0 aliphatic carbocycles. The summed E-state index contributed by atoms with van der Waals surface area (Å²) in [6.07, 6.45) is 1.31. The van der Waals surface area contributed by atoms with Crippen molar-refractivity contribution in [1.82, 2.24) is 0 Å². The van der Waals surface area contributed by atoms with Crippen LogP contribution < -0.4 is 0 Å². The minimum atomic E-state index is -0.476. The average Bonchev–Trinajstić information content (AvgIpc) is 2.23. The van der Waals surface area contributed by atoms with E-state index in [2.05, 4.69) is 6.58 Å². The van der Waals surface area contributed by atoms with Crippen molar-refractivity contribution in [2.24, 2.45) is 0 Å². The molecule has 0 N–H and O–H groups in total. The van der Waals surface area contributed by atoms with E-state index in [-0.39, 0.29) is 12.2 Å². The Hall–Kier alpha value is -0.870. The lowest BCUT2D eigenvalue weighted by molar-refractivity contribution is -0.208. The molecule has 0 spiro atoms. The van der Waals surface area contributed by atoms with Crippen LogP contribution in [0.1, 0.15) is 20.3 Å². The predicted octanol–water partition coefficient (Wildman–Crippen LogP) is 1.30. The van der Waals surface area contributed by atoms with Crippen LogP contribution in [0.3, 0.4) is 0 Å². The van der Waals surface area contributed by atoms with Gasteiger partial charge in [-0.2, -0.15) is 0 Å². The molecule has 0 aromatic rings. The van der Waals surface area contributed by atoms with Gasteiger partial charge in [-0.05, 0) is 13.8 Å². The van der Waals surface area contributed by atoms with Crippen LogP contribution >= 0.6 is 0 Å². The van der Waals surface area contributed by atoms with Gasteiger partial charge in [0, 0.05) is 26.2 Å². The normalized spacial score (nSPS) is 35.9. The maximum Gasteiger partial charge on any atom is 0.330 e. The van der Waals surface area contributed by atoms with E-state index in [9.17, 15) is 4.79 Å². The van der Waals surface area contributed by atoms with Crippen LogP contribution in [0.15, 0.2) is 12.7 Å². The quantitative estimate of drug-likeness (QED) is 0.524. The van der Waals surface area contributed by atoms with Gasteiger partial charge in [-0.25, -0.2) is 4.79 Å². The topological polar surface area (TPSA) is 44.8 Å². The van der Waals surface area contributed by atoms with E-state index in [0.717, 1.165) is 6.08 Å². The van der Waals surface area contributed by atoms with Crippen molar-refractivity contribution < 1.29 is 19.0 Å². The molecule has 4 nitrogen and oxygen atoms in total. The van der Waals surface area contributed by atoms with Gasteiger partial charge in [0.05, 0.1) is 6.10 Å². The molecule has 1 saturated heterocycles. The Morgan fingerprint density at radius 3 is 2.87 bits per heavy atom. The zero-order valence-corrected chi connectivity index (χ0v) is 9.49. The second-order valence-electron chi connectivity index (χ2n) is 3.90. The molecule has 3 atom stereocenters. The van der Waals surface area contributed by atoms with Gasteiger partial charge in [-0.1, -0.05) is 6.58 Å². The molecule has 0 unspecified atom stereocenters. The van der Waals surface area contributed by atoms with Gasteiger partial charge in [0.2, 0.25) is 0 Å². The maximum atomic E-state index is 11.2. The van der Waals surface area contributed by atoms with E-state index in [4.69, 9.17) is 14.2 Å². The largest absolute Gasteiger partial charge is 0.453 e. The van der Waals surface area contributed by atoms with Gasteiger partial charge >= 0.3 is 5.97 Å². The monoisotopic (exact) mass is 214 g/mol. The summed E-state index contributed by atoms with van der Waals surface area (Å²) in [6, 6.07) is 0. The van der Waals surface area contributed by atoms with E-state index < -0.39 is 11.6 Å². The molecule has 0 radical (unpaired) electrons. The summed E-state index contributed by atoms with van der Waals surface area (Å²) in [5, 5.41) is 0. The SMILES string of the molecule is C=CC(=O)O[C@H]1[C@H](C)OCC[C@@]1(C)OC. The molecule has 1 rings (SSSR count). The highest BCUT2D eigenvalue weighted by atomic mass is 16.6. The maximum absolute atomic E-state index is 11.2. The molecule has 86 valence electrons. The molecule has 0 bridgehead atoms. The molecule has 0 aromatic heterocycles. The Bertz CT molecular complexity index is 251. The Balaban J connectivity index is 2.77. The van der Waals surface area contributed by atoms with E-state index in [1.807, 2.05) is 13.8 Å². The number of esters is 1. The molecule has 4 heteroatoms. The molecule has 0 amide bonds. The first-order valence-electron chi connectivity index (χ1n) is 5.03. The molecular formula is C11H18O4. The Morgan fingerprint density at radius 1 is 1.67 bits per heavy atom. The number of methoxy groups -OCH3 is 1. The molecule has 1 aliphatic heterocycles. The van der Waals surface area contributed by atoms with Gasteiger partial charge in [-0.15, -0.1) is 0 Å². The van der Waals surface area contributed by atoms with E-state index in [1.54, 1.807) is 7.11 Å². The summed E-state index contributed by atoms with van der Waals surface area (Å²) >= 11 is 0. The van der Waals surface area contributed by atoms with Crippen molar-refractivity contribution in [2.45, 2.75) is 38.1 Å². The molecule has 0 aromatic carbocycles. The molecular weight excluding hydrogens is 196 g/mol. The molecule has 1 fully saturated rings. The lowest BCUT2D eigenvalue weighted by atomic mass is 9.89. The zero-order chi connectivity index (χ0) is 11.5. The van der Waals surface area contributed by atoms with Crippen molar-refractivity contribution in [3.8, 4) is 0 Å². The van der Waals surface area contributed by atoms with Crippen LogP contribution in [0, 0.1) is 0 Å². The van der Waals surface area contributed by atoms with Crippen LogP contribution in [-0.4, -0.2) is 37.5 Å². The number of ether oxygens (including phenoxy) is 3. The molecule has 0 saturated carbocycles. The van der Waals surface area contributed by atoms with Gasteiger partial charge in [0.25, 0.3) is 0 Å². The summed E-state index contributed by atoms with van der Waals surface area (Å²) in [7, 11) is 1.62. The van der Waals surface area contributed by atoms with E-state index in [0.29, 0.717) is 13.0 Å². The van der Waals surface area contributed by atoms with Crippen LogP contribution in [-0.2, 0) is 19.0 Å². The Morgan fingerprint density at radius 2 is 2.33 bits per heavy atom. The molecule has 1 aliphatic rings. The standard InChI is InChI=1S/C11H18O4/c1-5-9(12)15-10-8(2)14-7-6-11(10,3)13-4/h5,8,10H,1,6-7H2,2-4H3/t8-,10-,11+/m0/s1. The minimum absolute atomic E-state index is 0.160. The predicted molar refractivity (Wildman–Crippen MR) is 55.5 cm³/mol. The summed E-state index contributed by atoms with van der Waals surface area (Å²) in [5.41, 5.74) is -0.476. The highest BCUT2D eigenvalue weighted by Crippen LogP contribution is 2.30. The van der Waals surface area contributed by atoms with Crippen molar-refractivity contribution >= 4 is 5.97 Å². The second kappa shape index (κ2) is 4.77. The molecule has 1 heterocycles. The Kier molecular flexibility index (Phi) is 3.88. The summed E-state index contributed by atoms with van der Waals surface area (Å²) in [6.45, 7) is 7.78. The average molecular weight is 214 g/mol. The first kappa shape index (κ1) is 12.2. The highest BCUT2D eigenvalue weighted by Gasteiger charge is 2.44. The van der Waals surface area contributed by atoms with Gasteiger partial charge in [0.1, 0.15) is 5.60 Å². The van der Waals surface area contributed by atoms with Crippen LogP contribution in [0.5, 0.6) is 0 Å². The number of hydrogen-bond acceptors (Lipinski definition) is 4. The van der Waals surface area contributed by atoms with E-state index in [1.165, 1.54) is 0 Å². The second-order valence-corrected chi connectivity index (χ2v) is 3.90. The highest BCUT2D eigenvalue weighted by molar-refractivity contribution is 5.81. The summed E-state index contributed by atoms with van der Waals surface area (Å²) in [5.74, 6) is -0.444.